The van der Waals surface area contributed by atoms with E-state index in [1.54, 1.807) is 19.2 Å². The van der Waals surface area contributed by atoms with Crippen molar-refractivity contribution in [2.75, 3.05) is 26.8 Å². The van der Waals surface area contributed by atoms with Gasteiger partial charge in [0.1, 0.15) is 5.75 Å². The molecule has 0 spiro atoms. The molecule has 0 aliphatic carbocycles. The molecule has 7 heteroatoms. The quantitative estimate of drug-likeness (QED) is 0.793. The van der Waals surface area contributed by atoms with Crippen LogP contribution in [-0.4, -0.2) is 47.4 Å². The van der Waals surface area contributed by atoms with E-state index in [1.807, 2.05) is 6.92 Å². The highest BCUT2D eigenvalue weighted by molar-refractivity contribution is 7.89. The Morgan fingerprint density at radius 2 is 2.00 bits per heavy atom. The summed E-state index contributed by atoms with van der Waals surface area (Å²) in [6, 6.07) is 6.13. The van der Waals surface area contributed by atoms with Gasteiger partial charge >= 0.3 is 0 Å². The predicted molar refractivity (Wildman–Crippen MR) is 75.4 cm³/mol. The molecule has 2 atom stereocenters. The largest absolute Gasteiger partial charge is 0.494 e. The van der Waals surface area contributed by atoms with Gasteiger partial charge in [0.2, 0.25) is 10.0 Å². The molecule has 1 aromatic carbocycles. The first-order valence-corrected chi connectivity index (χ1v) is 8.04. The summed E-state index contributed by atoms with van der Waals surface area (Å²) in [5.41, 5.74) is 0. The Morgan fingerprint density at radius 1 is 1.30 bits per heavy atom. The zero-order chi connectivity index (χ0) is 14.6. The summed E-state index contributed by atoms with van der Waals surface area (Å²) in [6.07, 6.45) is -0.146. The number of hydrogen-bond donors (Lipinski definition) is 2. The molecule has 0 bridgehead atoms. The van der Waals surface area contributed by atoms with E-state index in [4.69, 9.17) is 9.47 Å². The molecule has 20 heavy (non-hydrogen) atoms. The Morgan fingerprint density at radius 3 is 2.60 bits per heavy atom. The second-order valence-corrected chi connectivity index (χ2v) is 6.28. The topological polar surface area (TPSA) is 76.7 Å². The van der Waals surface area contributed by atoms with E-state index in [1.165, 1.54) is 12.1 Å². The molecule has 1 heterocycles. The van der Waals surface area contributed by atoms with E-state index in [9.17, 15) is 8.42 Å². The van der Waals surface area contributed by atoms with E-state index < -0.39 is 10.0 Å². The molecule has 0 aromatic heterocycles. The lowest BCUT2D eigenvalue weighted by Gasteiger charge is -2.18. The third-order valence-corrected chi connectivity index (χ3v) is 4.72. The molecule has 6 nitrogen and oxygen atoms in total. The molecule has 1 aliphatic heterocycles. The highest BCUT2D eigenvalue weighted by atomic mass is 32.2. The minimum Gasteiger partial charge on any atom is -0.494 e. The summed E-state index contributed by atoms with van der Waals surface area (Å²) >= 11 is 0. The zero-order valence-electron chi connectivity index (χ0n) is 11.6. The van der Waals surface area contributed by atoms with Gasteiger partial charge in [0.05, 0.1) is 23.6 Å². The van der Waals surface area contributed by atoms with Gasteiger partial charge in [-0.1, -0.05) is 0 Å². The van der Waals surface area contributed by atoms with Crippen molar-refractivity contribution in [2.24, 2.45) is 0 Å². The number of hydrogen-bond acceptors (Lipinski definition) is 5. The van der Waals surface area contributed by atoms with Crippen LogP contribution in [0.3, 0.4) is 0 Å². The Hall–Kier alpha value is -1.15. The molecular weight excluding hydrogens is 280 g/mol. The number of sulfonamides is 1. The second kappa shape index (κ2) is 6.53. The molecule has 0 amide bonds. The average molecular weight is 300 g/mol. The fourth-order valence-corrected chi connectivity index (χ4v) is 3.43. The van der Waals surface area contributed by atoms with Crippen LogP contribution >= 0.6 is 0 Å². The van der Waals surface area contributed by atoms with Crippen molar-refractivity contribution in [1.82, 2.24) is 10.0 Å². The highest BCUT2D eigenvalue weighted by Crippen LogP contribution is 2.17. The smallest absolute Gasteiger partial charge is 0.240 e. The van der Waals surface area contributed by atoms with Gasteiger partial charge in [-0.25, -0.2) is 13.1 Å². The maximum absolute atomic E-state index is 12.3. The second-order valence-electron chi connectivity index (χ2n) is 4.56. The standard InChI is InChI=1S/C13H20N2O4S/c1-3-19-10-4-6-11(7-5-10)20(16,17)15-12-8-14-9-13(12)18-2/h4-7,12-15H,3,8-9H2,1-2H3/t12?,13-/m0/s1. The normalized spacial score (nSPS) is 22.9. The van der Waals surface area contributed by atoms with Crippen LogP contribution < -0.4 is 14.8 Å². The van der Waals surface area contributed by atoms with Crippen LogP contribution in [0.4, 0.5) is 0 Å². The van der Waals surface area contributed by atoms with Crippen molar-refractivity contribution in [3.63, 3.8) is 0 Å². The van der Waals surface area contributed by atoms with Gasteiger partial charge < -0.3 is 14.8 Å². The molecule has 1 fully saturated rings. The molecule has 2 rings (SSSR count). The Kier molecular flexibility index (Phi) is 4.98. The third kappa shape index (κ3) is 3.49. The van der Waals surface area contributed by atoms with Gasteiger partial charge in [0.15, 0.2) is 0 Å². The molecule has 2 N–H and O–H groups in total. The summed E-state index contributed by atoms with van der Waals surface area (Å²) in [7, 11) is -1.96. The first-order chi connectivity index (χ1) is 9.56. The van der Waals surface area contributed by atoms with Gasteiger partial charge in [-0.05, 0) is 31.2 Å². The number of nitrogens with one attached hydrogen (secondary N) is 2. The maximum Gasteiger partial charge on any atom is 0.240 e. The van der Waals surface area contributed by atoms with E-state index in [0.29, 0.717) is 25.4 Å². The number of rotatable bonds is 6. The molecule has 1 unspecified atom stereocenters. The Labute approximate surface area is 119 Å². The lowest BCUT2D eigenvalue weighted by Crippen LogP contribution is -2.43. The Bertz CT molecular complexity index is 530. The van der Waals surface area contributed by atoms with Crippen molar-refractivity contribution >= 4 is 10.0 Å². The number of benzene rings is 1. The van der Waals surface area contributed by atoms with Crippen molar-refractivity contribution < 1.29 is 17.9 Å². The van der Waals surface area contributed by atoms with Crippen molar-refractivity contribution in [2.45, 2.75) is 24.0 Å². The van der Waals surface area contributed by atoms with Gasteiger partial charge in [0, 0.05) is 20.2 Å². The van der Waals surface area contributed by atoms with Crippen molar-refractivity contribution in [3.05, 3.63) is 24.3 Å². The van der Waals surface area contributed by atoms with Gasteiger partial charge in [-0.2, -0.15) is 0 Å². The monoisotopic (exact) mass is 300 g/mol. The predicted octanol–water partition coefficient (Wildman–Crippen LogP) is 0.350. The average Bonchev–Trinajstić information content (AvgIpc) is 2.86. The van der Waals surface area contributed by atoms with E-state index >= 15 is 0 Å². The summed E-state index contributed by atoms with van der Waals surface area (Å²) in [5, 5.41) is 3.10. The minimum atomic E-state index is -3.54. The molecule has 1 saturated heterocycles. The molecule has 112 valence electrons. The number of ether oxygens (including phenoxy) is 2. The van der Waals surface area contributed by atoms with Crippen molar-refractivity contribution in [3.8, 4) is 5.75 Å². The molecule has 0 saturated carbocycles. The van der Waals surface area contributed by atoms with E-state index in [0.717, 1.165) is 0 Å². The molecule has 1 aliphatic rings. The lowest BCUT2D eigenvalue weighted by atomic mass is 10.2. The molecular formula is C13H20N2O4S. The highest BCUT2D eigenvalue weighted by Gasteiger charge is 2.31. The molecule has 0 radical (unpaired) electrons. The first-order valence-electron chi connectivity index (χ1n) is 6.55. The SMILES string of the molecule is CCOc1ccc(S(=O)(=O)NC2CNC[C@@H]2OC)cc1. The Balaban J connectivity index is 2.09. The van der Waals surface area contributed by atoms with E-state index in [-0.39, 0.29) is 17.0 Å². The van der Waals surface area contributed by atoms with Gasteiger partial charge in [-0.3, -0.25) is 0 Å². The summed E-state index contributed by atoms with van der Waals surface area (Å²) in [6.45, 7) is 3.64. The van der Waals surface area contributed by atoms with Crippen LogP contribution in [0.2, 0.25) is 0 Å². The van der Waals surface area contributed by atoms with Gasteiger partial charge in [-0.15, -0.1) is 0 Å². The van der Waals surface area contributed by atoms with Gasteiger partial charge in [0.25, 0.3) is 0 Å². The fourth-order valence-electron chi connectivity index (χ4n) is 2.17. The van der Waals surface area contributed by atoms with Crippen molar-refractivity contribution in [1.29, 1.82) is 0 Å². The van der Waals surface area contributed by atoms with Crippen LogP contribution in [0.15, 0.2) is 29.2 Å². The summed E-state index contributed by atoms with van der Waals surface area (Å²) in [4.78, 5) is 0.225. The van der Waals surface area contributed by atoms with Crippen LogP contribution in [-0.2, 0) is 14.8 Å². The van der Waals surface area contributed by atoms with E-state index in [2.05, 4.69) is 10.0 Å². The first kappa shape index (κ1) is 15.2. The fraction of sp³-hybridized carbons (Fsp3) is 0.538. The molecule has 1 aromatic rings. The zero-order valence-corrected chi connectivity index (χ0v) is 12.4. The lowest BCUT2D eigenvalue weighted by molar-refractivity contribution is 0.103. The minimum absolute atomic E-state index is 0.146. The summed E-state index contributed by atoms with van der Waals surface area (Å²) < 4.78 is 37.8. The third-order valence-electron chi connectivity index (χ3n) is 3.21. The maximum atomic E-state index is 12.3. The number of methoxy groups -OCH3 is 1. The van der Waals surface area contributed by atoms with Crippen LogP contribution in [0.1, 0.15) is 6.92 Å². The summed E-state index contributed by atoms with van der Waals surface area (Å²) in [5.74, 6) is 0.656. The van der Waals surface area contributed by atoms with Crippen LogP contribution in [0, 0.1) is 0 Å². The van der Waals surface area contributed by atoms with Crippen LogP contribution in [0.5, 0.6) is 5.75 Å². The van der Waals surface area contributed by atoms with Crippen LogP contribution in [0.25, 0.3) is 0 Å².